The van der Waals surface area contributed by atoms with Crippen LogP contribution in [0.5, 0.6) is 17.2 Å². The first-order valence-corrected chi connectivity index (χ1v) is 10.6. The van der Waals surface area contributed by atoms with Gasteiger partial charge in [0.1, 0.15) is 28.9 Å². The lowest BCUT2D eigenvalue weighted by Crippen LogP contribution is -2.46. The van der Waals surface area contributed by atoms with Gasteiger partial charge in [-0.1, -0.05) is 23.4 Å². The Kier molecular flexibility index (Phi) is 5.20. The van der Waals surface area contributed by atoms with E-state index in [0.717, 1.165) is 0 Å². The van der Waals surface area contributed by atoms with Crippen LogP contribution in [0.3, 0.4) is 0 Å². The Bertz CT molecular complexity index is 1320. The number of oxime groups is 1. The standard InChI is InChI=1S/C26H22N2O6/c1-31-16-10-8-15(9-11-16)24(29)22-23(18-14-17(32-2)12-13-21(18)33-3)28-34-26(22)19-6-4-5-7-20(19)27-25(26)30/h4-14,22H,1-3H3,(H,27,30)/t22-,26-/m0/s1. The van der Waals surface area contributed by atoms with E-state index < -0.39 is 17.4 Å². The highest BCUT2D eigenvalue weighted by Crippen LogP contribution is 2.50. The minimum Gasteiger partial charge on any atom is -0.497 e. The number of anilines is 1. The number of para-hydroxylation sites is 1. The van der Waals surface area contributed by atoms with Crippen molar-refractivity contribution in [3.63, 3.8) is 0 Å². The molecule has 0 unspecified atom stereocenters. The van der Waals surface area contributed by atoms with Crippen molar-refractivity contribution in [3.05, 3.63) is 83.4 Å². The van der Waals surface area contributed by atoms with Gasteiger partial charge in [-0.3, -0.25) is 9.59 Å². The maximum Gasteiger partial charge on any atom is 0.277 e. The first-order chi connectivity index (χ1) is 16.5. The Morgan fingerprint density at radius 2 is 1.65 bits per heavy atom. The van der Waals surface area contributed by atoms with Crippen LogP contribution in [0.25, 0.3) is 0 Å². The maximum absolute atomic E-state index is 14.0. The summed E-state index contributed by atoms with van der Waals surface area (Å²) in [6.45, 7) is 0. The molecule has 1 amide bonds. The molecule has 172 valence electrons. The lowest BCUT2D eigenvalue weighted by atomic mass is 9.74. The van der Waals surface area contributed by atoms with Crippen LogP contribution in [0.1, 0.15) is 21.5 Å². The lowest BCUT2D eigenvalue weighted by Gasteiger charge is -2.27. The molecule has 0 saturated heterocycles. The van der Waals surface area contributed by atoms with Crippen LogP contribution in [0.2, 0.25) is 0 Å². The van der Waals surface area contributed by atoms with Crippen molar-refractivity contribution in [1.29, 1.82) is 0 Å². The average Bonchev–Trinajstić information content (AvgIpc) is 3.42. The van der Waals surface area contributed by atoms with Crippen LogP contribution in [0.4, 0.5) is 5.69 Å². The number of benzene rings is 3. The Morgan fingerprint density at radius 1 is 0.941 bits per heavy atom. The second-order valence-electron chi connectivity index (χ2n) is 7.90. The summed E-state index contributed by atoms with van der Waals surface area (Å²) in [7, 11) is 4.62. The summed E-state index contributed by atoms with van der Waals surface area (Å²) >= 11 is 0. The second kappa shape index (κ2) is 8.22. The van der Waals surface area contributed by atoms with Gasteiger partial charge >= 0.3 is 0 Å². The van der Waals surface area contributed by atoms with Crippen molar-refractivity contribution < 1.29 is 28.6 Å². The van der Waals surface area contributed by atoms with E-state index in [2.05, 4.69) is 10.5 Å². The molecule has 3 aromatic rings. The van der Waals surface area contributed by atoms with E-state index in [1.807, 2.05) is 0 Å². The number of fused-ring (bicyclic) bond motifs is 2. The molecule has 0 fully saturated rings. The van der Waals surface area contributed by atoms with E-state index >= 15 is 0 Å². The summed E-state index contributed by atoms with van der Waals surface area (Å²) in [4.78, 5) is 33.4. The van der Waals surface area contributed by atoms with E-state index in [1.54, 1.807) is 80.9 Å². The molecule has 2 aliphatic rings. The number of nitrogens with zero attached hydrogens (tertiary/aromatic N) is 1. The number of hydrogen-bond donors (Lipinski definition) is 1. The van der Waals surface area contributed by atoms with Crippen molar-refractivity contribution in [1.82, 2.24) is 0 Å². The summed E-state index contributed by atoms with van der Waals surface area (Å²) in [5.41, 5.74) is 0.645. The molecule has 0 aliphatic carbocycles. The summed E-state index contributed by atoms with van der Waals surface area (Å²) < 4.78 is 16.2. The van der Waals surface area contributed by atoms with Crippen LogP contribution in [0, 0.1) is 5.92 Å². The summed E-state index contributed by atoms with van der Waals surface area (Å²) in [6.07, 6.45) is 0. The van der Waals surface area contributed by atoms with Crippen molar-refractivity contribution in [2.75, 3.05) is 26.6 Å². The molecule has 8 nitrogen and oxygen atoms in total. The van der Waals surface area contributed by atoms with Gasteiger partial charge in [-0.05, 0) is 48.5 Å². The van der Waals surface area contributed by atoms with Gasteiger partial charge in [0, 0.05) is 22.4 Å². The zero-order valence-corrected chi connectivity index (χ0v) is 18.8. The van der Waals surface area contributed by atoms with E-state index in [1.165, 1.54) is 7.11 Å². The number of carbonyl (C=O) groups excluding carboxylic acids is 2. The number of amides is 1. The fraction of sp³-hybridized carbons (Fsp3) is 0.192. The zero-order valence-electron chi connectivity index (χ0n) is 18.8. The minimum atomic E-state index is -1.66. The molecule has 0 bridgehead atoms. The number of carbonyl (C=O) groups is 2. The Balaban J connectivity index is 1.70. The molecule has 3 aromatic carbocycles. The number of hydrogen-bond acceptors (Lipinski definition) is 7. The molecule has 2 atom stereocenters. The topological polar surface area (TPSA) is 95.5 Å². The molecule has 8 heteroatoms. The zero-order chi connectivity index (χ0) is 23.9. The summed E-state index contributed by atoms with van der Waals surface area (Å²) in [6, 6.07) is 19.0. The molecule has 2 heterocycles. The van der Waals surface area contributed by atoms with E-state index in [-0.39, 0.29) is 11.5 Å². The predicted molar refractivity (Wildman–Crippen MR) is 125 cm³/mol. The van der Waals surface area contributed by atoms with Crippen LogP contribution in [0.15, 0.2) is 71.9 Å². The minimum absolute atomic E-state index is 0.281. The quantitative estimate of drug-likeness (QED) is 0.565. The highest BCUT2D eigenvalue weighted by Gasteiger charge is 2.63. The Hall–Kier alpha value is -4.33. The molecule has 5 rings (SSSR count). The second-order valence-corrected chi connectivity index (χ2v) is 7.90. The number of nitrogens with one attached hydrogen (secondary N) is 1. The molecule has 0 aromatic heterocycles. The fourth-order valence-electron chi connectivity index (χ4n) is 4.50. The van der Waals surface area contributed by atoms with Crippen LogP contribution >= 0.6 is 0 Å². The number of ketones is 1. The SMILES string of the molecule is COc1ccc(C(=O)[C@@H]2C(c3cc(OC)ccc3OC)=NO[C@]23C(=O)Nc2ccccc23)cc1. The molecule has 0 saturated carbocycles. The first-order valence-electron chi connectivity index (χ1n) is 10.6. The third kappa shape index (κ3) is 3.10. The van der Waals surface area contributed by atoms with Crippen LogP contribution < -0.4 is 19.5 Å². The highest BCUT2D eigenvalue weighted by molar-refractivity contribution is 6.25. The molecule has 34 heavy (non-hydrogen) atoms. The van der Waals surface area contributed by atoms with Crippen molar-refractivity contribution in [2.24, 2.45) is 11.1 Å². The third-order valence-electron chi connectivity index (χ3n) is 6.20. The monoisotopic (exact) mass is 458 g/mol. The van der Waals surface area contributed by atoms with Gasteiger partial charge in [-0.2, -0.15) is 0 Å². The molecule has 1 N–H and O–H groups in total. The third-order valence-corrected chi connectivity index (χ3v) is 6.20. The van der Waals surface area contributed by atoms with Gasteiger partial charge in [0.15, 0.2) is 5.78 Å². The normalized spacial score (nSPS) is 20.3. The Labute approximate surface area is 196 Å². The van der Waals surface area contributed by atoms with Gasteiger partial charge in [0.2, 0.25) is 0 Å². The van der Waals surface area contributed by atoms with Crippen molar-refractivity contribution in [2.45, 2.75) is 5.60 Å². The van der Waals surface area contributed by atoms with Gasteiger partial charge in [0.05, 0.1) is 21.3 Å². The number of methoxy groups -OCH3 is 3. The van der Waals surface area contributed by atoms with E-state index in [9.17, 15) is 9.59 Å². The molecule has 0 radical (unpaired) electrons. The van der Waals surface area contributed by atoms with Crippen molar-refractivity contribution in [3.8, 4) is 17.2 Å². The van der Waals surface area contributed by atoms with Gasteiger partial charge in [-0.25, -0.2) is 0 Å². The van der Waals surface area contributed by atoms with Gasteiger partial charge in [0.25, 0.3) is 11.5 Å². The lowest BCUT2D eigenvalue weighted by molar-refractivity contribution is -0.140. The summed E-state index contributed by atoms with van der Waals surface area (Å²) in [5.74, 6) is -0.227. The average molecular weight is 458 g/mol. The number of rotatable bonds is 6. The van der Waals surface area contributed by atoms with E-state index in [4.69, 9.17) is 19.0 Å². The first kappa shape index (κ1) is 21.5. The molecular weight excluding hydrogens is 436 g/mol. The van der Waals surface area contributed by atoms with Crippen molar-refractivity contribution >= 4 is 23.1 Å². The van der Waals surface area contributed by atoms with Gasteiger partial charge < -0.3 is 24.4 Å². The Morgan fingerprint density at radius 3 is 2.35 bits per heavy atom. The van der Waals surface area contributed by atoms with E-state index in [0.29, 0.717) is 39.6 Å². The highest BCUT2D eigenvalue weighted by atomic mass is 16.7. The molecular formula is C26H22N2O6. The van der Waals surface area contributed by atoms with Gasteiger partial charge in [-0.15, -0.1) is 0 Å². The number of ether oxygens (including phenoxy) is 3. The summed E-state index contributed by atoms with van der Waals surface area (Å²) in [5, 5.41) is 7.15. The number of Topliss-reactive ketones (excluding diaryl/α,β-unsaturated/α-hetero) is 1. The fourth-order valence-corrected chi connectivity index (χ4v) is 4.50. The predicted octanol–water partition coefficient (Wildman–Crippen LogP) is 3.79. The van der Waals surface area contributed by atoms with Crippen LogP contribution in [-0.4, -0.2) is 38.7 Å². The molecule has 1 spiro atoms. The van der Waals surface area contributed by atoms with Crippen LogP contribution in [-0.2, 0) is 15.2 Å². The maximum atomic E-state index is 14.0. The smallest absolute Gasteiger partial charge is 0.277 e. The largest absolute Gasteiger partial charge is 0.497 e. The molecule has 2 aliphatic heterocycles.